The lowest BCUT2D eigenvalue weighted by molar-refractivity contribution is -0.155. The Bertz CT molecular complexity index is 1100. The standard InChI is InChI=1S/C28H40N2O6/c1-16-7-6-8-17(2)26(33)18(3)27(34)28(4,5)23(31)14-25(32)36-21(11-9-16)19-10-12-22-20(13-19)30-24(15-29)35-22/h9-10,12-13,17-18,21,23,26,31,33H,6-8,11,14-15,29H2,1-5H3/t17?,18?,21-,23?,26-/m0/s1. The molecule has 3 rings (SSSR count). The zero-order chi connectivity index (χ0) is 26.6. The topological polar surface area (TPSA) is 136 Å². The van der Waals surface area contributed by atoms with Crippen molar-refractivity contribution in [2.24, 2.45) is 23.0 Å². The normalized spacial score (nSPS) is 29.1. The van der Waals surface area contributed by atoms with Crippen molar-refractivity contribution in [3.05, 3.63) is 41.3 Å². The summed E-state index contributed by atoms with van der Waals surface area (Å²) in [4.78, 5) is 30.5. The second kappa shape index (κ2) is 11.7. The van der Waals surface area contributed by atoms with Gasteiger partial charge in [0.05, 0.1) is 30.6 Å². The molecule has 0 saturated heterocycles. The van der Waals surface area contributed by atoms with Crippen LogP contribution in [-0.2, 0) is 20.9 Å². The molecule has 0 spiro atoms. The monoisotopic (exact) mass is 500 g/mol. The number of rotatable bonds is 2. The number of ether oxygens (including phenoxy) is 1. The van der Waals surface area contributed by atoms with Crippen molar-refractivity contribution in [2.75, 3.05) is 0 Å². The van der Waals surface area contributed by atoms with Gasteiger partial charge in [0.15, 0.2) is 5.58 Å². The summed E-state index contributed by atoms with van der Waals surface area (Å²) in [6, 6.07) is 5.44. The lowest BCUT2D eigenvalue weighted by Gasteiger charge is -2.34. The first-order valence-electron chi connectivity index (χ1n) is 12.8. The maximum Gasteiger partial charge on any atom is 0.309 e. The van der Waals surface area contributed by atoms with E-state index in [1.807, 2.05) is 26.0 Å². The molecule has 198 valence electrons. The Morgan fingerprint density at radius 3 is 2.61 bits per heavy atom. The molecule has 1 aromatic carbocycles. The van der Waals surface area contributed by atoms with Crippen molar-refractivity contribution in [3.8, 4) is 0 Å². The van der Waals surface area contributed by atoms with Crippen LogP contribution in [-0.4, -0.2) is 39.2 Å². The van der Waals surface area contributed by atoms with Gasteiger partial charge >= 0.3 is 5.97 Å². The van der Waals surface area contributed by atoms with E-state index in [9.17, 15) is 19.8 Å². The second-order valence-electron chi connectivity index (χ2n) is 10.8. The van der Waals surface area contributed by atoms with Crippen LogP contribution in [0.1, 0.15) is 84.3 Å². The Kier molecular flexibility index (Phi) is 9.08. The van der Waals surface area contributed by atoms with Gasteiger partial charge in [0, 0.05) is 12.3 Å². The quantitative estimate of drug-likeness (QED) is 0.408. The molecular formula is C28H40N2O6. The van der Waals surface area contributed by atoms with Gasteiger partial charge in [0.2, 0.25) is 5.89 Å². The molecule has 5 atom stereocenters. The summed E-state index contributed by atoms with van der Waals surface area (Å²) in [6.07, 6.45) is 2.01. The van der Waals surface area contributed by atoms with Gasteiger partial charge < -0.3 is 25.1 Å². The summed E-state index contributed by atoms with van der Waals surface area (Å²) < 4.78 is 11.4. The summed E-state index contributed by atoms with van der Waals surface area (Å²) in [5.41, 5.74) is 7.57. The maximum absolute atomic E-state index is 13.2. The van der Waals surface area contributed by atoms with Gasteiger partial charge in [-0.2, -0.15) is 0 Å². The van der Waals surface area contributed by atoms with E-state index in [2.05, 4.69) is 11.1 Å². The number of oxazole rings is 1. The van der Waals surface area contributed by atoms with Gasteiger partial charge in [-0.25, -0.2) is 4.98 Å². The number of nitrogens with zero attached hydrogens (tertiary/aromatic N) is 1. The van der Waals surface area contributed by atoms with E-state index in [-0.39, 0.29) is 24.7 Å². The largest absolute Gasteiger partial charge is 0.457 e. The van der Waals surface area contributed by atoms with Crippen LogP contribution in [0, 0.1) is 17.3 Å². The fraction of sp³-hybridized carbons (Fsp3) is 0.607. The number of carbonyl (C=O) groups is 2. The molecule has 0 radical (unpaired) electrons. The molecule has 8 heteroatoms. The molecule has 1 aliphatic heterocycles. The van der Waals surface area contributed by atoms with Crippen LogP contribution in [0.5, 0.6) is 0 Å². The summed E-state index contributed by atoms with van der Waals surface area (Å²) in [6.45, 7) is 9.09. The molecule has 8 nitrogen and oxygen atoms in total. The van der Waals surface area contributed by atoms with E-state index in [4.69, 9.17) is 14.9 Å². The number of allylic oxidation sites excluding steroid dienone is 1. The van der Waals surface area contributed by atoms with Crippen molar-refractivity contribution in [2.45, 2.75) is 91.6 Å². The Hall–Kier alpha value is -2.55. The number of esters is 1. The smallest absolute Gasteiger partial charge is 0.309 e. The van der Waals surface area contributed by atoms with E-state index in [1.165, 1.54) is 0 Å². The van der Waals surface area contributed by atoms with E-state index in [0.29, 0.717) is 23.4 Å². The molecule has 3 unspecified atom stereocenters. The molecule has 0 amide bonds. The van der Waals surface area contributed by atoms with Crippen molar-refractivity contribution >= 4 is 22.9 Å². The van der Waals surface area contributed by atoms with Crippen LogP contribution in [0.2, 0.25) is 0 Å². The number of benzene rings is 1. The summed E-state index contributed by atoms with van der Waals surface area (Å²) in [5.74, 6) is -1.17. The third-order valence-corrected chi connectivity index (χ3v) is 7.52. The lowest BCUT2D eigenvalue weighted by atomic mass is 9.73. The minimum atomic E-state index is -1.25. The maximum atomic E-state index is 13.2. The number of fused-ring (bicyclic) bond motifs is 1. The third-order valence-electron chi connectivity index (χ3n) is 7.52. The number of aliphatic hydroxyl groups is 2. The van der Waals surface area contributed by atoms with Crippen LogP contribution in [0.25, 0.3) is 11.1 Å². The molecule has 36 heavy (non-hydrogen) atoms. The molecule has 1 aromatic heterocycles. The molecule has 2 heterocycles. The number of nitrogens with two attached hydrogens (primary N) is 1. The first kappa shape index (κ1) is 28.0. The highest BCUT2D eigenvalue weighted by Crippen LogP contribution is 2.33. The molecule has 0 fully saturated rings. The minimum Gasteiger partial charge on any atom is -0.457 e. The lowest BCUT2D eigenvalue weighted by Crippen LogP contribution is -2.45. The number of aromatic nitrogens is 1. The highest BCUT2D eigenvalue weighted by Gasteiger charge is 2.42. The highest BCUT2D eigenvalue weighted by atomic mass is 16.5. The van der Waals surface area contributed by atoms with Gasteiger partial charge in [-0.3, -0.25) is 9.59 Å². The number of Topliss-reactive ketones (excluding diaryl/α,β-unsaturated/α-hetero) is 1. The van der Waals surface area contributed by atoms with Crippen molar-refractivity contribution in [1.82, 2.24) is 4.98 Å². The number of cyclic esters (lactones) is 1. The zero-order valence-corrected chi connectivity index (χ0v) is 22.0. The van der Waals surface area contributed by atoms with E-state index in [0.717, 1.165) is 30.4 Å². The van der Waals surface area contributed by atoms with Crippen molar-refractivity contribution in [1.29, 1.82) is 0 Å². The first-order chi connectivity index (χ1) is 16.9. The Labute approximate surface area is 212 Å². The molecule has 0 aliphatic carbocycles. The molecular weight excluding hydrogens is 460 g/mol. The Morgan fingerprint density at radius 2 is 1.92 bits per heavy atom. The number of carbonyl (C=O) groups excluding carboxylic acids is 2. The first-order valence-corrected chi connectivity index (χ1v) is 12.8. The van der Waals surface area contributed by atoms with E-state index >= 15 is 0 Å². The number of aliphatic hydroxyl groups excluding tert-OH is 2. The van der Waals surface area contributed by atoms with Gasteiger partial charge in [-0.1, -0.05) is 45.4 Å². The van der Waals surface area contributed by atoms with Crippen LogP contribution in [0.4, 0.5) is 0 Å². The van der Waals surface area contributed by atoms with Crippen molar-refractivity contribution < 1.29 is 29.0 Å². The fourth-order valence-electron chi connectivity index (χ4n) is 4.83. The Morgan fingerprint density at radius 1 is 1.19 bits per heavy atom. The third kappa shape index (κ3) is 6.41. The van der Waals surface area contributed by atoms with Crippen LogP contribution < -0.4 is 5.73 Å². The van der Waals surface area contributed by atoms with E-state index < -0.39 is 35.6 Å². The van der Waals surface area contributed by atoms with Crippen LogP contribution in [0.3, 0.4) is 0 Å². The average Bonchev–Trinajstić information content (AvgIpc) is 3.26. The predicted molar refractivity (Wildman–Crippen MR) is 137 cm³/mol. The average molecular weight is 501 g/mol. The summed E-state index contributed by atoms with van der Waals surface area (Å²) >= 11 is 0. The number of hydrogen-bond donors (Lipinski definition) is 3. The number of hydrogen-bond acceptors (Lipinski definition) is 8. The van der Waals surface area contributed by atoms with Crippen LogP contribution in [0.15, 0.2) is 34.3 Å². The van der Waals surface area contributed by atoms with Gasteiger partial charge in [-0.05, 0) is 49.8 Å². The Balaban J connectivity index is 1.91. The molecule has 0 saturated carbocycles. The molecule has 1 aliphatic rings. The molecule has 4 N–H and O–H groups in total. The van der Waals surface area contributed by atoms with E-state index in [1.54, 1.807) is 26.8 Å². The zero-order valence-electron chi connectivity index (χ0n) is 22.0. The fourth-order valence-corrected chi connectivity index (χ4v) is 4.83. The van der Waals surface area contributed by atoms with Gasteiger partial charge in [0.1, 0.15) is 17.4 Å². The van der Waals surface area contributed by atoms with Gasteiger partial charge in [0.25, 0.3) is 0 Å². The van der Waals surface area contributed by atoms with Crippen molar-refractivity contribution in [3.63, 3.8) is 0 Å². The van der Waals surface area contributed by atoms with Crippen LogP contribution >= 0.6 is 0 Å². The predicted octanol–water partition coefficient (Wildman–Crippen LogP) is 4.37. The van der Waals surface area contributed by atoms with Gasteiger partial charge in [-0.15, -0.1) is 0 Å². The summed E-state index contributed by atoms with van der Waals surface area (Å²) in [7, 11) is 0. The summed E-state index contributed by atoms with van der Waals surface area (Å²) in [5, 5.41) is 21.7. The molecule has 2 aromatic rings. The number of ketones is 1. The molecule has 0 bridgehead atoms. The second-order valence-corrected chi connectivity index (χ2v) is 10.8. The highest BCUT2D eigenvalue weighted by molar-refractivity contribution is 5.88. The minimum absolute atomic E-state index is 0.0667. The SMILES string of the molecule is CC1=CC[C@@H](c2ccc3oc(CN)nc3c2)OC(=O)CC(O)C(C)(C)C(=O)C(C)[C@@H](O)C(C)CCC1.